The summed E-state index contributed by atoms with van der Waals surface area (Å²) in [4.78, 5) is 0. The molecule has 0 bridgehead atoms. The third-order valence-corrected chi connectivity index (χ3v) is 3.38. The Bertz CT molecular complexity index is 180. The number of hydrogen-bond donors (Lipinski definition) is 1. The molecule has 0 aromatic carbocycles. The second kappa shape index (κ2) is 7.34. The summed E-state index contributed by atoms with van der Waals surface area (Å²) >= 11 is 0. The Balaban J connectivity index is 4.01. The lowest BCUT2D eigenvalue weighted by Gasteiger charge is -2.29. The lowest BCUT2D eigenvalue weighted by Crippen LogP contribution is -2.32. The van der Waals surface area contributed by atoms with Crippen molar-refractivity contribution >= 4 is 0 Å². The van der Waals surface area contributed by atoms with Gasteiger partial charge >= 0.3 is 0 Å². The average Bonchev–Trinajstić information content (AvgIpc) is 2.29. The molecule has 1 N–H and O–H groups in total. The standard InChI is InChI=1S/C14H30O3/c1-7-13(3,4)16-10-12(9-15)11-17-14(5,6)8-2/h12,15H,7-11H2,1-6H3. The lowest BCUT2D eigenvalue weighted by molar-refractivity contribution is -0.0891. The van der Waals surface area contributed by atoms with Crippen LogP contribution < -0.4 is 0 Å². The van der Waals surface area contributed by atoms with Crippen molar-refractivity contribution in [3.63, 3.8) is 0 Å². The first kappa shape index (κ1) is 16.9. The van der Waals surface area contributed by atoms with Gasteiger partial charge in [-0.3, -0.25) is 0 Å². The summed E-state index contributed by atoms with van der Waals surface area (Å²) in [5.74, 6) is 0.0617. The fourth-order valence-electron chi connectivity index (χ4n) is 1.04. The lowest BCUT2D eigenvalue weighted by atomic mass is 10.1. The number of hydrogen-bond acceptors (Lipinski definition) is 3. The quantitative estimate of drug-likeness (QED) is 0.679. The fourth-order valence-corrected chi connectivity index (χ4v) is 1.04. The summed E-state index contributed by atoms with van der Waals surface area (Å²) in [6, 6.07) is 0. The minimum atomic E-state index is -0.117. The minimum Gasteiger partial charge on any atom is -0.396 e. The Morgan fingerprint density at radius 2 is 1.24 bits per heavy atom. The van der Waals surface area contributed by atoms with Crippen molar-refractivity contribution in [1.29, 1.82) is 0 Å². The minimum absolute atomic E-state index is 0.0617. The van der Waals surface area contributed by atoms with E-state index in [2.05, 4.69) is 41.5 Å². The Kier molecular flexibility index (Phi) is 7.29. The van der Waals surface area contributed by atoms with E-state index in [0.29, 0.717) is 13.2 Å². The predicted octanol–water partition coefficient (Wildman–Crippen LogP) is 3.01. The molecular weight excluding hydrogens is 216 g/mol. The average molecular weight is 246 g/mol. The number of rotatable bonds is 9. The van der Waals surface area contributed by atoms with E-state index in [0.717, 1.165) is 12.8 Å². The summed E-state index contributed by atoms with van der Waals surface area (Å²) in [5.41, 5.74) is -0.235. The topological polar surface area (TPSA) is 38.7 Å². The fraction of sp³-hybridized carbons (Fsp3) is 1.00. The maximum absolute atomic E-state index is 9.31. The van der Waals surface area contributed by atoms with Gasteiger partial charge in [-0.1, -0.05) is 13.8 Å². The largest absolute Gasteiger partial charge is 0.396 e. The van der Waals surface area contributed by atoms with Gasteiger partial charge in [-0.2, -0.15) is 0 Å². The molecule has 0 aliphatic carbocycles. The van der Waals surface area contributed by atoms with Crippen molar-refractivity contribution in [2.75, 3.05) is 19.8 Å². The molecule has 0 aliphatic rings. The van der Waals surface area contributed by atoms with Crippen molar-refractivity contribution in [3.05, 3.63) is 0 Å². The number of aliphatic hydroxyl groups excluding tert-OH is 1. The summed E-state index contributed by atoms with van der Waals surface area (Å²) in [6.07, 6.45) is 1.93. The molecule has 0 saturated carbocycles. The second-order valence-electron chi connectivity index (χ2n) is 5.90. The summed E-state index contributed by atoms with van der Waals surface area (Å²) in [6.45, 7) is 13.7. The van der Waals surface area contributed by atoms with E-state index in [9.17, 15) is 5.11 Å². The maximum atomic E-state index is 9.31. The van der Waals surface area contributed by atoms with Crippen LogP contribution in [0.15, 0.2) is 0 Å². The molecule has 0 heterocycles. The van der Waals surface area contributed by atoms with Crippen LogP contribution in [0.5, 0.6) is 0 Å². The van der Waals surface area contributed by atoms with Gasteiger partial charge in [0.2, 0.25) is 0 Å². The monoisotopic (exact) mass is 246 g/mol. The highest BCUT2D eigenvalue weighted by Gasteiger charge is 2.21. The molecule has 0 spiro atoms. The predicted molar refractivity (Wildman–Crippen MR) is 71.2 cm³/mol. The Labute approximate surface area is 107 Å². The molecule has 0 radical (unpaired) electrons. The van der Waals surface area contributed by atoms with E-state index in [1.165, 1.54) is 0 Å². The molecule has 0 fully saturated rings. The summed E-state index contributed by atoms with van der Waals surface area (Å²) in [7, 11) is 0. The van der Waals surface area contributed by atoms with E-state index in [1.807, 2.05) is 0 Å². The van der Waals surface area contributed by atoms with Crippen LogP contribution in [0.2, 0.25) is 0 Å². The smallest absolute Gasteiger partial charge is 0.0624 e. The Hall–Kier alpha value is -0.120. The van der Waals surface area contributed by atoms with Crippen LogP contribution in [0, 0.1) is 5.92 Å². The molecular formula is C14H30O3. The van der Waals surface area contributed by atoms with Crippen molar-refractivity contribution in [2.45, 2.75) is 65.6 Å². The van der Waals surface area contributed by atoms with E-state index in [4.69, 9.17) is 9.47 Å². The maximum Gasteiger partial charge on any atom is 0.0624 e. The molecule has 17 heavy (non-hydrogen) atoms. The molecule has 104 valence electrons. The molecule has 0 aromatic rings. The van der Waals surface area contributed by atoms with Gasteiger partial charge in [0.1, 0.15) is 0 Å². The molecule has 0 aromatic heterocycles. The van der Waals surface area contributed by atoms with Crippen LogP contribution >= 0.6 is 0 Å². The van der Waals surface area contributed by atoms with Crippen LogP contribution in [0.1, 0.15) is 54.4 Å². The highest BCUT2D eigenvalue weighted by atomic mass is 16.5. The zero-order chi connectivity index (χ0) is 13.5. The Morgan fingerprint density at radius 3 is 1.47 bits per heavy atom. The zero-order valence-electron chi connectivity index (χ0n) is 12.4. The normalized spacial score (nSPS) is 13.4. The van der Waals surface area contributed by atoms with E-state index in [-0.39, 0.29) is 23.7 Å². The van der Waals surface area contributed by atoms with Crippen LogP contribution in [-0.4, -0.2) is 36.1 Å². The summed E-state index contributed by atoms with van der Waals surface area (Å²) < 4.78 is 11.6. The molecule has 0 aliphatic heterocycles. The van der Waals surface area contributed by atoms with Gasteiger partial charge in [0, 0.05) is 5.92 Å². The molecule has 0 unspecified atom stereocenters. The first-order chi connectivity index (χ1) is 7.76. The third-order valence-electron chi connectivity index (χ3n) is 3.38. The van der Waals surface area contributed by atoms with Crippen molar-refractivity contribution in [1.82, 2.24) is 0 Å². The molecule has 3 heteroatoms. The van der Waals surface area contributed by atoms with Crippen LogP contribution in [0.25, 0.3) is 0 Å². The van der Waals surface area contributed by atoms with Crippen molar-refractivity contribution in [3.8, 4) is 0 Å². The molecule has 0 saturated heterocycles. The van der Waals surface area contributed by atoms with Crippen LogP contribution in [-0.2, 0) is 9.47 Å². The SMILES string of the molecule is CCC(C)(C)OCC(CO)COC(C)(C)CC. The van der Waals surface area contributed by atoms with E-state index < -0.39 is 0 Å². The molecule has 0 amide bonds. The van der Waals surface area contributed by atoms with Crippen LogP contribution in [0.4, 0.5) is 0 Å². The molecule has 0 atom stereocenters. The first-order valence-corrected chi connectivity index (χ1v) is 6.65. The van der Waals surface area contributed by atoms with E-state index >= 15 is 0 Å². The first-order valence-electron chi connectivity index (χ1n) is 6.65. The van der Waals surface area contributed by atoms with Gasteiger partial charge in [0.25, 0.3) is 0 Å². The van der Waals surface area contributed by atoms with Crippen molar-refractivity contribution < 1.29 is 14.6 Å². The summed E-state index contributed by atoms with van der Waals surface area (Å²) in [5, 5.41) is 9.31. The highest BCUT2D eigenvalue weighted by Crippen LogP contribution is 2.18. The molecule has 3 nitrogen and oxygen atoms in total. The number of aliphatic hydroxyl groups is 1. The van der Waals surface area contributed by atoms with Gasteiger partial charge in [-0.05, 0) is 40.5 Å². The van der Waals surface area contributed by atoms with Gasteiger partial charge in [-0.25, -0.2) is 0 Å². The zero-order valence-corrected chi connectivity index (χ0v) is 12.4. The van der Waals surface area contributed by atoms with E-state index in [1.54, 1.807) is 0 Å². The third kappa shape index (κ3) is 7.74. The van der Waals surface area contributed by atoms with Gasteiger partial charge < -0.3 is 14.6 Å². The van der Waals surface area contributed by atoms with Gasteiger partial charge in [-0.15, -0.1) is 0 Å². The highest BCUT2D eigenvalue weighted by molar-refractivity contribution is 4.69. The van der Waals surface area contributed by atoms with Gasteiger partial charge in [0.15, 0.2) is 0 Å². The Morgan fingerprint density at radius 1 is 0.882 bits per heavy atom. The van der Waals surface area contributed by atoms with Crippen molar-refractivity contribution in [2.24, 2.45) is 5.92 Å². The second-order valence-corrected chi connectivity index (χ2v) is 5.90. The van der Waals surface area contributed by atoms with Crippen LogP contribution in [0.3, 0.4) is 0 Å². The molecule has 0 rings (SSSR count). The number of ether oxygens (including phenoxy) is 2. The van der Waals surface area contributed by atoms with Gasteiger partial charge in [0.05, 0.1) is 31.0 Å².